The first-order valence-corrected chi connectivity index (χ1v) is 9.46. The molecule has 0 spiro atoms. The van der Waals surface area contributed by atoms with Gasteiger partial charge < -0.3 is 9.42 Å². The van der Waals surface area contributed by atoms with E-state index in [0.717, 1.165) is 19.6 Å². The van der Waals surface area contributed by atoms with Crippen molar-refractivity contribution in [1.82, 2.24) is 15.0 Å². The zero-order chi connectivity index (χ0) is 19.9. The Kier molecular flexibility index (Phi) is 6.60. The minimum atomic E-state index is -0.230. The van der Waals surface area contributed by atoms with Crippen molar-refractivity contribution in [3.8, 4) is 0 Å². The molecule has 2 heterocycles. The van der Waals surface area contributed by atoms with Gasteiger partial charge in [0, 0.05) is 45.7 Å². The quantitative estimate of drug-likeness (QED) is 0.766. The van der Waals surface area contributed by atoms with E-state index in [1.165, 1.54) is 17.4 Å². The number of benzene rings is 1. The predicted molar refractivity (Wildman–Crippen MR) is 108 cm³/mol. The molecule has 1 aliphatic rings. The molecule has 0 N–H and O–H groups in total. The van der Waals surface area contributed by atoms with Crippen LogP contribution < -0.4 is 4.90 Å². The van der Waals surface area contributed by atoms with Gasteiger partial charge in [-0.15, -0.1) is 0 Å². The zero-order valence-electron chi connectivity index (χ0n) is 16.4. The van der Waals surface area contributed by atoms with Crippen LogP contribution in [0.3, 0.4) is 0 Å². The van der Waals surface area contributed by atoms with Gasteiger partial charge in [-0.25, -0.2) is 0 Å². The third kappa shape index (κ3) is 5.29. The van der Waals surface area contributed by atoms with Crippen molar-refractivity contribution < 1.29 is 14.1 Å². The topological polar surface area (TPSA) is 69.9 Å². The van der Waals surface area contributed by atoms with Crippen molar-refractivity contribution in [1.29, 1.82) is 0 Å². The van der Waals surface area contributed by atoms with Gasteiger partial charge in [0.15, 0.2) is 5.82 Å². The molecule has 1 fully saturated rings. The molecule has 0 aliphatic carbocycles. The molecule has 28 heavy (non-hydrogen) atoms. The first-order valence-electron chi connectivity index (χ1n) is 9.46. The normalized spacial score (nSPS) is 15.1. The number of carbonyl (C=O) groups is 2. The molecule has 1 aliphatic heterocycles. The summed E-state index contributed by atoms with van der Waals surface area (Å²) in [6, 6.07) is 11.9. The van der Waals surface area contributed by atoms with Gasteiger partial charge in [0.1, 0.15) is 12.3 Å². The van der Waals surface area contributed by atoms with Crippen LogP contribution in [0, 0.1) is 6.92 Å². The highest BCUT2D eigenvalue weighted by atomic mass is 16.5. The molecule has 1 saturated heterocycles. The molecule has 0 bridgehead atoms. The van der Waals surface area contributed by atoms with E-state index in [1.807, 2.05) is 18.2 Å². The molecule has 2 aromatic rings. The molecule has 0 radical (unpaired) electrons. The van der Waals surface area contributed by atoms with Gasteiger partial charge in [0.25, 0.3) is 0 Å². The molecule has 7 nitrogen and oxygen atoms in total. The Morgan fingerprint density at radius 1 is 1.18 bits per heavy atom. The third-order valence-electron chi connectivity index (χ3n) is 4.76. The van der Waals surface area contributed by atoms with Gasteiger partial charge in [-0.1, -0.05) is 47.6 Å². The van der Waals surface area contributed by atoms with Crippen molar-refractivity contribution in [2.75, 3.05) is 44.2 Å². The summed E-state index contributed by atoms with van der Waals surface area (Å²) in [4.78, 5) is 30.0. The van der Waals surface area contributed by atoms with Crippen LogP contribution in [0.1, 0.15) is 18.2 Å². The average molecular weight is 382 g/mol. The maximum atomic E-state index is 12.6. The van der Waals surface area contributed by atoms with E-state index < -0.39 is 0 Å². The fraction of sp³-hybridized carbons (Fsp3) is 0.381. The number of hydrogen-bond acceptors (Lipinski definition) is 5. The van der Waals surface area contributed by atoms with Gasteiger partial charge in [-0.2, -0.15) is 0 Å². The molecular formula is C21H26N4O3. The number of carbonyl (C=O) groups excluding carboxylic acids is 2. The summed E-state index contributed by atoms with van der Waals surface area (Å²) < 4.78 is 5.02. The molecule has 148 valence electrons. The number of aryl methyl sites for hydroxylation is 1. The Balaban J connectivity index is 1.48. The lowest BCUT2D eigenvalue weighted by molar-refractivity contribution is -0.132. The third-order valence-corrected chi connectivity index (χ3v) is 4.76. The van der Waals surface area contributed by atoms with Crippen LogP contribution in [0.4, 0.5) is 5.82 Å². The maximum Gasteiger partial charge on any atom is 0.242 e. The second kappa shape index (κ2) is 9.32. The minimum Gasteiger partial charge on any atom is -0.360 e. The first-order chi connectivity index (χ1) is 13.5. The van der Waals surface area contributed by atoms with Gasteiger partial charge in [-0.05, 0) is 12.5 Å². The van der Waals surface area contributed by atoms with E-state index in [4.69, 9.17) is 4.52 Å². The Morgan fingerprint density at radius 2 is 1.89 bits per heavy atom. The Labute approximate surface area is 165 Å². The fourth-order valence-corrected chi connectivity index (χ4v) is 3.15. The molecule has 1 aromatic heterocycles. The Hall–Kier alpha value is -2.93. The van der Waals surface area contributed by atoms with E-state index >= 15 is 0 Å². The molecule has 3 rings (SSSR count). The number of hydrogen-bond donors (Lipinski definition) is 0. The summed E-state index contributed by atoms with van der Waals surface area (Å²) in [5, 5.41) is 3.85. The largest absolute Gasteiger partial charge is 0.360 e. The second-order valence-electron chi connectivity index (χ2n) is 6.90. The van der Waals surface area contributed by atoms with Crippen molar-refractivity contribution in [2.45, 2.75) is 13.8 Å². The number of aromatic nitrogens is 1. The average Bonchev–Trinajstić information content (AvgIpc) is 3.13. The lowest BCUT2D eigenvalue weighted by Gasteiger charge is -2.35. The molecule has 0 atom stereocenters. The molecule has 0 unspecified atom stereocenters. The van der Waals surface area contributed by atoms with Crippen LogP contribution in [0.2, 0.25) is 0 Å². The van der Waals surface area contributed by atoms with Gasteiger partial charge in [0.2, 0.25) is 11.8 Å². The van der Waals surface area contributed by atoms with Crippen LogP contribution in [-0.4, -0.2) is 66.0 Å². The highest BCUT2D eigenvalue weighted by Gasteiger charge is 2.25. The van der Waals surface area contributed by atoms with Crippen molar-refractivity contribution in [2.24, 2.45) is 0 Å². The summed E-state index contributed by atoms with van der Waals surface area (Å²) in [6.07, 6.45) is 4.26. The summed E-state index contributed by atoms with van der Waals surface area (Å²) in [5.41, 5.74) is 1.18. The number of rotatable bonds is 6. The van der Waals surface area contributed by atoms with E-state index in [1.54, 1.807) is 17.9 Å². The number of anilines is 1. The summed E-state index contributed by atoms with van der Waals surface area (Å²) in [6.45, 7) is 6.95. The lowest BCUT2D eigenvalue weighted by atomic mass is 10.2. The standard InChI is InChI=1S/C21H26N4O3/c1-17-15-20(22-28-17)25(18(2)26)16-21(27)24-13-11-23(12-14-24)10-6-9-19-7-4-3-5-8-19/h3-9,15H,10-14,16H2,1-2H3/b9-6+. The summed E-state index contributed by atoms with van der Waals surface area (Å²) in [5.74, 6) is 0.676. The lowest BCUT2D eigenvalue weighted by Crippen LogP contribution is -2.51. The van der Waals surface area contributed by atoms with Gasteiger partial charge in [0.05, 0.1) is 0 Å². The highest BCUT2D eigenvalue weighted by molar-refractivity contribution is 5.96. The molecule has 2 amide bonds. The SMILES string of the molecule is CC(=O)N(CC(=O)N1CCN(C/C=C/c2ccccc2)CC1)c1cc(C)on1. The molecule has 1 aromatic carbocycles. The van der Waals surface area contributed by atoms with Gasteiger partial charge >= 0.3 is 0 Å². The van der Waals surface area contributed by atoms with E-state index in [0.29, 0.717) is 24.7 Å². The van der Waals surface area contributed by atoms with Crippen molar-refractivity contribution in [3.05, 3.63) is 53.8 Å². The highest BCUT2D eigenvalue weighted by Crippen LogP contribution is 2.15. The van der Waals surface area contributed by atoms with E-state index in [2.05, 4.69) is 34.3 Å². The van der Waals surface area contributed by atoms with E-state index in [9.17, 15) is 9.59 Å². The maximum absolute atomic E-state index is 12.6. The minimum absolute atomic E-state index is 0.0186. The Morgan fingerprint density at radius 3 is 2.50 bits per heavy atom. The van der Waals surface area contributed by atoms with E-state index in [-0.39, 0.29) is 18.4 Å². The zero-order valence-corrected chi connectivity index (χ0v) is 16.4. The molecule has 0 saturated carbocycles. The number of amides is 2. The van der Waals surface area contributed by atoms with Crippen molar-refractivity contribution >= 4 is 23.7 Å². The smallest absolute Gasteiger partial charge is 0.242 e. The van der Waals surface area contributed by atoms with Crippen LogP contribution in [0.25, 0.3) is 6.08 Å². The number of piperazine rings is 1. The molecule has 7 heteroatoms. The van der Waals surface area contributed by atoms with Crippen LogP contribution in [0.15, 0.2) is 47.0 Å². The summed E-state index contributed by atoms with van der Waals surface area (Å²) in [7, 11) is 0. The summed E-state index contributed by atoms with van der Waals surface area (Å²) >= 11 is 0. The monoisotopic (exact) mass is 382 g/mol. The van der Waals surface area contributed by atoms with Crippen LogP contribution >= 0.6 is 0 Å². The van der Waals surface area contributed by atoms with Crippen molar-refractivity contribution in [3.63, 3.8) is 0 Å². The molecular weight excluding hydrogens is 356 g/mol. The van der Waals surface area contributed by atoms with Crippen LogP contribution in [0.5, 0.6) is 0 Å². The van der Waals surface area contributed by atoms with Gasteiger partial charge in [-0.3, -0.25) is 19.4 Å². The second-order valence-corrected chi connectivity index (χ2v) is 6.90. The van der Waals surface area contributed by atoms with Crippen LogP contribution in [-0.2, 0) is 9.59 Å². The fourth-order valence-electron chi connectivity index (χ4n) is 3.15. The number of nitrogens with zero attached hydrogens (tertiary/aromatic N) is 4. The first kappa shape index (κ1) is 19.8. The predicted octanol–water partition coefficient (Wildman–Crippen LogP) is 2.19. The Bertz CT molecular complexity index is 823.